The fourth-order valence-electron chi connectivity index (χ4n) is 3.16. The molecule has 1 saturated heterocycles. The van der Waals surface area contributed by atoms with Gasteiger partial charge in [-0.25, -0.2) is 9.97 Å². The molecule has 1 aliphatic heterocycles. The number of aliphatic hydroxyl groups is 1. The Morgan fingerprint density at radius 1 is 1.32 bits per heavy atom. The van der Waals surface area contributed by atoms with E-state index in [2.05, 4.69) is 19.9 Å². The van der Waals surface area contributed by atoms with E-state index in [-0.39, 0.29) is 5.92 Å². The topological polar surface area (TPSA) is 67.1 Å². The van der Waals surface area contributed by atoms with Crippen molar-refractivity contribution in [3.63, 3.8) is 0 Å². The zero-order chi connectivity index (χ0) is 15.7. The van der Waals surface area contributed by atoms with Gasteiger partial charge in [0.25, 0.3) is 0 Å². The number of rotatable bonds is 3. The first-order valence-electron chi connectivity index (χ1n) is 7.76. The van der Waals surface area contributed by atoms with Crippen LogP contribution >= 0.6 is 0 Å². The molecular formula is C16H23N5O. The van der Waals surface area contributed by atoms with E-state index in [0.29, 0.717) is 0 Å². The molecule has 1 N–H and O–H groups in total. The van der Waals surface area contributed by atoms with Gasteiger partial charge in [0.2, 0.25) is 0 Å². The summed E-state index contributed by atoms with van der Waals surface area (Å²) in [6.45, 7) is 5.69. The molecule has 3 heterocycles. The molecular weight excluding hydrogens is 278 g/mol. The van der Waals surface area contributed by atoms with Crippen LogP contribution in [0.1, 0.15) is 36.2 Å². The van der Waals surface area contributed by atoms with Crippen molar-refractivity contribution in [1.29, 1.82) is 0 Å². The van der Waals surface area contributed by atoms with Crippen LogP contribution in [0.4, 0.5) is 5.82 Å². The summed E-state index contributed by atoms with van der Waals surface area (Å²) >= 11 is 0. The summed E-state index contributed by atoms with van der Waals surface area (Å²) in [7, 11) is 1.92. The number of hydrogen-bond acceptors (Lipinski definition) is 5. The first-order valence-corrected chi connectivity index (χ1v) is 7.76. The third-order valence-electron chi connectivity index (χ3n) is 4.38. The first-order chi connectivity index (χ1) is 10.6. The number of nitrogens with zero attached hydrogens (tertiary/aromatic N) is 5. The Labute approximate surface area is 130 Å². The van der Waals surface area contributed by atoms with Crippen molar-refractivity contribution >= 4 is 5.82 Å². The molecule has 22 heavy (non-hydrogen) atoms. The van der Waals surface area contributed by atoms with Crippen molar-refractivity contribution in [1.82, 2.24) is 19.5 Å². The van der Waals surface area contributed by atoms with Gasteiger partial charge >= 0.3 is 0 Å². The molecule has 6 nitrogen and oxygen atoms in total. The molecule has 1 aliphatic rings. The third-order valence-corrected chi connectivity index (χ3v) is 4.38. The van der Waals surface area contributed by atoms with Gasteiger partial charge in [-0.15, -0.1) is 0 Å². The number of imidazole rings is 1. The van der Waals surface area contributed by atoms with E-state index >= 15 is 0 Å². The third kappa shape index (κ3) is 2.83. The largest absolute Gasteiger partial charge is 0.385 e. The molecule has 0 aromatic carbocycles. The van der Waals surface area contributed by atoms with Gasteiger partial charge in [-0.1, -0.05) is 0 Å². The molecule has 0 unspecified atom stereocenters. The van der Waals surface area contributed by atoms with Crippen LogP contribution in [-0.2, 0) is 7.05 Å². The first kappa shape index (κ1) is 15.0. The van der Waals surface area contributed by atoms with E-state index in [1.807, 2.05) is 31.7 Å². The van der Waals surface area contributed by atoms with Crippen LogP contribution in [0.5, 0.6) is 0 Å². The Kier molecular flexibility index (Phi) is 4.11. The number of anilines is 1. The summed E-state index contributed by atoms with van der Waals surface area (Å²) < 4.78 is 1.89. The van der Waals surface area contributed by atoms with E-state index in [9.17, 15) is 5.11 Å². The summed E-state index contributed by atoms with van der Waals surface area (Å²) in [5, 5.41) is 10.7. The zero-order valence-electron chi connectivity index (χ0n) is 13.4. The van der Waals surface area contributed by atoms with Gasteiger partial charge in [0.15, 0.2) is 0 Å². The highest BCUT2D eigenvalue weighted by molar-refractivity contribution is 5.43. The van der Waals surface area contributed by atoms with E-state index in [1.54, 1.807) is 12.4 Å². The molecule has 2 atom stereocenters. The van der Waals surface area contributed by atoms with Crippen LogP contribution in [0.15, 0.2) is 18.6 Å². The molecule has 118 valence electrons. The Morgan fingerprint density at radius 3 is 2.86 bits per heavy atom. The lowest BCUT2D eigenvalue weighted by atomic mass is 9.92. The quantitative estimate of drug-likeness (QED) is 0.936. The van der Waals surface area contributed by atoms with Gasteiger partial charge in [0.05, 0.1) is 11.4 Å². The Morgan fingerprint density at radius 2 is 2.14 bits per heavy atom. The molecule has 6 heteroatoms. The van der Waals surface area contributed by atoms with Crippen molar-refractivity contribution in [2.75, 3.05) is 18.0 Å². The average molecular weight is 301 g/mol. The average Bonchev–Trinajstić information content (AvgIpc) is 2.95. The predicted molar refractivity (Wildman–Crippen MR) is 84.6 cm³/mol. The normalized spacial score (nSPS) is 20.2. The summed E-state index contributed by atoms with van der Waals surface area (Å²) in [4.78, 5) is 15.6. The Bertz CT molecular complexity index is 654. The fraction of sp³-hybridized carbons (Fsp3) is 0.562. The smallest absolute Gasteiger partial charge is 0.150 e. The number of aliphatic hydroxyl groups excluding tert-OH is 1. The minimum atomic E-state index is -0.541. The number of aryl methyl sites for hydroxylation is 3. The molecule has 2 aromatic heterocycles. The summed E-state index contributed by atoms with van der Waals surface area (Å²) in [5.74, 6) is 1.84. The summed E-state index contributed by atoms with van der Waals surface area (Å²) in [6, 6.07) is 0. The van der Waals surface area contributed by atoms with Crippen molar-refractivity contribution in [2.24, 2.45) is 13.0 Å². The van der Waals surface area contributed by atoms with Crippen molar-refractivity contribution < 1.29 is 5.11 Å². The van der Waals surface area contributed by atoms with E-state index < -0.39 is 6.10 Å². The lowest BCUT2D eigenvalue weighted by molar-refractivity contribution is 0.0873. The zero-order valence-corrected chi connectivity index (χ0v) is 13.4. The highest BCUT2D eigenvalue weighted by atomic mass is 16.3. The van der Waals surface area contributed by atoms with Crippen LogP contribution < -0.4 is 4.90 Å². The highest BCUT2D eigenvalue weighted by Gasteiger charge is 2.30. The fourth-order valence-corrected chi connectivity index (χ4v) is 3.16. The van der Waals surface area contributed by atoms with E-state index in [4.69, 9.17) is 0 Å². The number of piperidine rings is 1. The molecule has 0 bridgehead atoms. The predicted octanol–water partition coefficient (Wildman–Crippen LogP) is 1.78. The Balaban J connectivity index is 1.79. The lowest BCUT2D eigenvalue weighted by Crippen LogP contribution is -2.39. The van der Waals surface area contributed by atoms with Gasteiger partial charge in [-0.2, -0.15) is 0 Å². The van der Waals surface area contributed by atoms with Gasteiger partial charge in [-0.3, -0.25) is 4.98 Å². The summed E-state index contributed by atoms with van der Waals surface area (Å²) in [6.07, 6.45) is 6.90. The molecule has 0 aliphatic carbocycles. The monoisotopic (exact) mass is 301 g/mol. The maximum absolute atomic E-state index is 10.7. The molecule has 0 saturated carbocycles. The summed E-state index contributed by atoms with van der Waals surface area (Å²) in [5.41, 5.74) is 1.87. The van der Waals surface area contributed by atoms with Gasteiger partial charge in [0.1, 0.15) is 17.7 Å². The van der Waals surface area contributed by atoms with E-state index in [1.165, 1.54) is 0 Å². The molecule has 2 aromatic rings. The maximum Gasteiger partial charge on any atom is 0.150 e. The molecule has 1 fully saturated rings. The van der Waals surface area contributed by atoms with Crippen molar-refractivity contribution in [2.45, 2.75) is 32.8 Å². The lowest BCUT2D eigenvalue weighted by Gasteiger charge is -2.36. The SMILES string of the molecule is Cc1cnc(C)c(N2CCC[C@H]([C@H](O)c3nccn3C)C2)n1. The molecule has 3 rings (SSSR count). The minimum Gasteiger partial charge on any atom is -0.385 e. The van der Waals surface area contributed by atoms with Crippen molar-refractivity contribution in [3.8, 4) is 0 Å². The second kappa shape index (κ2) is 6.04. The van der Waals surface area contributed by atoms with Crippen LogP contribution in [0.25, 0.3) is 0 Å². The van der Waals surface area contributed by atoms with Crippen LogP contribution in [0.3, 0.4) is 0 Å². The van der Waals surface area contributed by atoms with Gasteiger partial charge in [-0.05, 0) is 26.7 Å². The van der Waals surface area contributed by atoms with Gasteiger partial charge < -0.3 is 14.6 Å². The van der Waals surface area contributed by atoms with Crippen LogP contribution in [0, 0.1) is 19.8 Å². The molecule has 0 spiro atoms. The Hall–Kier alpha value is -1.95. The number of aromatic nitrogens is 4. The molecule has 0 amide bonds. The minimum absolute atomic E-state index is 0.163. The van der Waals surface area contributed by atoms with Crippen LogP contribution in [-0.4, -0.2) is 37.7 Å². The van der Waals surface area contributed by atoms with Crippen LogP contribution in [0.2, 0.25) is 0 Å². The highest BCUT2D eigenvalue weighted by Crippen LogP contribution is 2.31. The van der Waals surface area contributed by atoms with Gasteiger partial charge in [0, 0.05) is 44.6 Å². The standard InChI is InChI=1S/C16H23N5O/c1-11-9-18-12(2)15(19-11)21-7-4-5-13(10-21)14(22)16-17-6-8-20(16)3/h6,8-9,13-14,22H,4-5,7,10H2,1-3H3/t13-,14-/m0/s1. The second-order valence-electron chi connectivity index (χ2n) is 6.11. The van der Waals surface area contributed by atoms with E-state index in [0.717, 1.165) is 49.0 Å². The molecule has 0 radical (unpaired) electrons. The van der Waals surface area contributed by atoms with Crippen molar-refractivity contribution in [3.05, 3.63) is 35.8 Å². The second-order valence-corrected chi connectivity index (χ2v) is 6.11. The number of hydrogen-bond donors (Lipinski definition) is 1. The maximum atomic E-state index is 10.7.